The monoisotopic (exact) mass is 481 g/mol. The Bertz CT molecular complexity index is 1060. The Balaban J connectivity index is 1.49. The van der Waals surface area contributed by atoms with E-state index in [1.807, 2.05) is 29.2 Å². The van der Waals surface area contributed by atoms with E-state index in [0.717, 1.165) is 37.2 Å². The van der Waals surface area contributed by atoms with Crippen molar-refractivity contribution in [2.45, 2.75) is 31.9 Å². The van der Waals surface area contributed by atoms with Crippen molar-refractivity contribution in [3.8, 4) is 17.2 Å². The molecule has 1 fully saturated rings. The number of methoxy groups -OCH3 is 2. The Kier molecular flexibility index (Phi) is 8.44. The summed E-state index contributed by atoms with van der Waals surface area (Å²) in [6.07, 6.45) is 2.89. The highest BCUT2D eigenvalue weighted by Gasteiger charge is 2.26. The van der Waals surface area contributed by atoms with Crippen LogP contribution in [0.2, 0.25) is 0 Å². The van der Waals surface area contributed by atoms with E-state index in [9.17, 15) is 4.79 Å². The number of nitrogens with zero attached hydrogens (tertiary/aromatic N) is 1. The lowest BCUT2D eigenvalue weighted by atomic mass is 10.1. The highest BCUT2D eigenvalue weighted by molar-refractivity contribution is 7.09. The molecule has 7 heteroatoms. The Morgan fingerprint density at radius 2 is 2.00 bits per heavy atom. The van der Waals surface area contributed by atoms with Crippen molar-refractivity contribution >= 4 is 17.2 Å². The summed E-state index contributed by atoms with van der Waals surface area (Å²) >= 11 is 1.74. The second kappa shape index (κ2) is 11.9. The van der Waals surface area contributed by atoms with Crippen LogP contribution in [-0.2, 0) is 17.7 Å². The molecule has 1 unspecified atom stereocenters. The molecule has 1 aromatic heterocycles. The molecule has 3 aromatic rings. The molecule has 1 aliphatic heterocycles. The Morgan fingerprint density at radius 1 is 1.09 bits per heavy atom. The van der Waals surface area contributed by atoms with Crippen LogP contribution >= 0.6 is 11.3 Å². The zero-order valence-corrected chi connectivity index (χ0v) is 20.5. The van der Waals surface area contributed by atoms with Gasteiger partial charge in [-0.05, 0) is 54.1 Å². The van der Waals surface area contributed by atoms with Gasteiger partial charge in [-0.3, -0.25) is 4.79 Å². The van der Waals surface area contributed by atoms with Crippen molar-refractivity contribution < 1.29 is 23.7 Å². The number of hydrogen-bond donors (Lipinski definition) is 0. The lowest BCUT2D eigenvalue weighted by molar-refractivity contribution is 0.0504. The average molecular weight is 482 g/mol. The van der Waals surface area contributed by atoms with Crippen LogP contribution in [0.1, 0.15) is 33.6 Å². The highest BCUT2D eigenvalue weighted by atomic mass is 32.1. The summed E-state index contributed by atoms with van der Waals surface area (Å²) in [6.45, 7) is 2.34. The first-order chi connectivity index (χ1) is 16.7. The maximum absolute atomic E-state index is 13.6. The third-order valence-corrected chi connectivity index (χ3v) is 6.78. The van der Waals surface area contributed by atoms with Crippen LogP contribution in [0, 0.1) is 0 Å². The fraction of sp³-hybridized carbons (Fsp3) is 0.370. The number of amides is 1. The highest BCUT2D eigenvalue weighted by Crippen LogP contribution is 2.27. The van der Waals surface area contributed by atoms with Crippen molar-refractivity contribution in [2.75, 3.05) is 34.0 Å². The van der Waals surface area contributed by atoms with Crippen LogP contribution in [0.15, 0.2) is 60.0 Å². The van der Waals surface area contributed by atoms with Gasteiger partial charge in [0.15, 0.2) is 0 Å². The van der Waals surface area contributed by atoms with Crippen molar-refractivity contribution in [3.63, 3.8) is 0 Å². The summed E-state index contributed by atoms with van der Waals surface area (Å²) in [5.74, 6) is 1.85. The molecule has 4 rings (SSSR count). The van der Waals surface area contributed by atoms with E-state index in [0.29, 0.717) is 36.8 Å². The van der Waals surface area contributed by atoms with Crippen LogP contribution in [-0.4, -0.2) is 50.9 Å². The predicted molar refractivity (Wildman–Crippen MR) is 133 cm³/mol. The average Bonchev–Trinajstić information content (AvgIpc) is 3.58. The maximum atomic E-state index is 13.6. The minimum absolute atomic E-state index is 0.0402. The number of carbonyl (C=O) groups excluding carboxylic acids is 1. The minimum Gasteiger partial charge on any atom is -0.497 e. The summed E-state index contributed by atoms with van der Waals surface area (Å²) in [6, 6.07) is 17.4. The molecule has 0 N–H and O–H groups in total. The fourth-order valence-corrected chi connectivity index (χ4v) is 4.77. The van der Waals surface area contributed by atoms with Gasteiger partial charge in [0.2, 0.25) is 0 Å². The normalized spacial score (nSPS) is 15.2. The molecule has 0 radical (unpaired) electrons. The fourth-order valence-electron chi connectivity index (χ4n) is 4.08. The first kappa shape index (κ1) is 24.1. The number of carbonyl (C=O) groups is 1. The first-order valence-electron chi connectivity index (χ1n) is 11.5. The second-order valence-corrected chi connectivity index (χ2v) is 9.24. The summed E-state index contributed by atoms with van der Waals surface area (Å²) in [7, 11) is 3.16. The quantitative estimate of drug-likeness (QED) is 0.376. The van der Waals surface area contributed by atoms with E-state index >= 15 is 0 Å². The summed E-state index contributed by atoms with van der Waals surface area (Å²) in [5.41, 5.74) is 1.51. The zero-order chi connectivity index (χ0) is 23.8. The van der Waals surface area contributed by atoms with Gasteiger partial charge in [-0.1, -0.05) is 18.2 Å². The van der Waals surface area contributed by atoms with Crippen LogP contribution < -0.4 is 14.2 Å². The zero-order valence-electron chi connectivity index (χ0n) is 19.7. The van der Waals surface area contributed by atoms with Gasteiger partial charge >= 0.3 is 0 Å². The van der Waals surface area contributed by atoms with Crippen LogP contribution in [0.25, 0.3) is 0 Å². The minimum atomic E-state index is -0.0981. The molecule has 2 aromatic carbocycles. The standard InChI is InChI=1S/C27H31NO5S/c1-30-21-10-11-25(26(17-21)31-2)27(29)28(19-23-8-4-13-32-23)18-20-6-3-7-22(16-20)33-14-12-24-9-5-15-34-24/h3,5-7,9-11,15-17,23H,4,8,12-14,18-19H2,1-2H3. The molecule has 180 valence electrons. The van der Waals surface area contributed by atoms with Gasteiger partial charge in [-0.2, -0.15) is 0 Å². The summed E-state index contributed by atoms with van der Waals surface area (Å²) in [5, 5.41) is 2.08. The molecule has 0 saturated carbocycles. The summed E-state index contributed by atoms with van der Waals surface area (Å²) in [4.78, 5) is 16.8. The number of hydrogen-bond acceptors (Lipinski definition) is 6. The van der Waals surface area contributed by atoms with Crippen molar-refractivity contribution in [2.24, 2.45) is 0 Å². The summed E-state index contributed by atoms with van der Waals surface area (Å²) < 4.78 is 22.6. The number of benzene rings is 2. The van der Waals surface area contributed by atoms with E-state index < -0.39 is 0 Å². The van der Waals surface area contributed by atoms with Gasteiger partial charge in [0, 0.05) is 37.1 Å². The smallest absolute Gasteiger partial charge is 0.258 e. The Morgan fingerprint density at radius 3 is 2.74 bits per heavy atom. The van der Waals surface area contributed by atoms with Gasteiger partial charge in [-0.15, -0.1) is 11.3 Å². The van der Waals surface area contributed by atoms with Crippen molar-refractivity contribution in [1.29, 1.82) is 0 Å². The van der Waals surface area contributed by atoms with E-state index in [4.69, 9.17) is 18.9 Å². The van der Waals surface area contributed by atoms with Gasteiger partial charge in [0.25, 0.3) is 5.91 Å². The van der Waals surface area contributed by atoms with Gasteiger partial charge in [0.05, 0.1) is 32.5 Å². The molecule has 0 spiro atoms. The molecule has 1 aliphatic rings. The van der Waals surface area contributed by atoms with E-state index in [2.05, 4.69) is 17.5 Å². The lowest BCUT2D eigenvalue weighted by Crippen LogP contribution is -2.37. The number of ether oxygens (including phenoxy) is 4. The molecular weight excluding hydrogens is 450 g/mol. The number of rotatable bonds is 11. The second-order valence-electron chi connectivity index (χ2n) is 8.21. The molecule has 1 atom stereocenters. The first-order valence-corrected chi connectivity index (χ1v) is 12.4. The van der Waals surface area contributed by atoms with Gasteiger partial charge in [0.1, 0.15) is 17.2 Å². The van der Waals surface area contributed by atoms with Crippen LogP contribution in [0.4, 0.5) is 0 Å². The Hall–Kier alpha value is -3.03. The molecular formula is C27H31NO5S. The Labute approximate surface area is 205 Å². The van der Waals surface area contributed by atoms with E-state index in [1.54, 1.807) is 43.8 Å². The predicted octanol–water partition coefficient (Wildman–Crippen LogP) is 5.21. The van der Waals surface area contributed by atoms with Gasteiger partial charge in [-0.25, -0.2) is 0 Å². The SMILES string of the molecule is COc1ccc(C(=O)N(Cc2cccc(OCCc3cccs3)c2)CC2CCCO2)c(OC)c1. The molecule has 34 heavy (non-hydrogen) atoms. The lowest BCUT2D eigenvalue weighted by Gasteiger charge is -2.26. The largest absolute Gasteiger partial charge is 0.497 e. The van der Waals surface area contributed by atoms with Gasteiger partial charge < -0.3 is 23.8 Å². The molecule has 1 saturated heterocycles. The molecule has 6 nitrogen and oxygen atoms in total. The number of thiophene rings is 1. The molecule has 1 amide bonds. The molecule has 0 aliphatic carbocycles. The molecule has 2 heterocycles. The topological polar surface area (TPSA) is 57.2 Å². The van der Waals surface area contributed by atoms with E-state index in [1.165, 1.54) is 4.88 Å². The van der Waals surface area contributed by atoms with Crippen LogP contribution in [0.5, 0.6) is 17.2 Å². The van der Waals surface area contributed by atoms with Crippen LogP contribution in [0.3, 0.4) is 0 Å². The van der Waals surface area contributed by atoms with Crippen molar-refractivity contribution in [1.82, 2.24) is 4.90 Å². The molecule has 0 bridgehead atoms. The van der Waals surface area contributed by atoms with Crippen molar-refractivity contribution in [3.05, 3.63) is 76.0 Å². The maximum Gasteiger partial charge on any atom is 0.258 e. The third kappa shape index (κ3) is 6.30. The van der Waals surface area contributed by atoms with E-state index in [-0.39, 0.29) is 12.0 Å². The third-order valence-electron chi connectivity index (χ3n) is 5.84.